The van der Waals surface area contributed by atoms with E-state index in [0.717, 1.165) is 47.5 Å². The summed E-state index contributed by atoms with van der Waals surface area (Å²) in [5, 5.41) is 0. The van der Waals surface area contributed by atoms with E-state index in [9.17, 15) is 0 Å². The molecule has 0 unspecified atom stereocenters. The van der Waals surface area contributed by atoms with Gasteiger partial charge < -0.3 is 31.4 Å². The Kier molecular flexibility index (Phi) is 6.58. The van der Waals surface area contributed by atoms with Crippen LogP contribution in [0.25, 0.3) is 0 Å². The number of nitrogens with zero attached hydrogens (tertiary/aromatic N) is 2. The third-order valence-corrected chi connectivity index (χ3v) is 4.25. The van der Waals surface area contributed by atoms with Crippen molar-refractivity contribution in [3.63, 3.8) is 0 Å². The predicted molar refractivity (Wildman–Crippen MR) is 97.3 cm³/mol. The average Bonchev–Trinajstić information content (AvgIpc) is 3.16. The first kappa shape index (κ1) is 19.7. The summed E-state index contributed by atoms with van der Waals surface area (Å²) in [4.78, 5) is 2.14. The molecule has 0 radical (unpaired) electrons. The van der Waals surface area contributed by atoms with Crippen LogP contribution in [0.15, 0.2) is 36.4 Å². The summed E-state index contributed by atoms with van der Waals surface area (Å²) in [5.74, 6) is 3.19. The van der Waals surface area contributed by atoms with Gasteiger partial charge in [-0.1, -0.05) is 0 Å². The third kappa shape index (κ3) is 3.80. The Morgan fingerprint density at radius 3 is 2.04 bits per heavy atom. The van der Waals surface area contributed by atoms with E-state index in [2.05, 4.69) is 15.8 Å². The van der Waals surface area contributed by atoms with Gasteiger partial charge in [-0.15, -0.1) is 0 Å². The van der Waals surface area contributed by atoms with E-state index in [4.69, 9.17) is 18.9 Å². The van der Waals surface area contributed by atoms with Crippen molar-refractivity contribution in [2.75, 3.05) is 46.4 Å². The zero-order valence-corrected chi connectivity index (χ0v) is 16.1. The topological polar surface area (TPSA) is 43.2 Å². The van der Waals surface area contributed by atoms with E-state index in [1.54, 1.807) is 28.4 Å². The van der Waals surface area contributed by atoms with Crippen LogP contribution in [0.2, 0.25) is 0 Å². The molecule has 0 amide bonds. The molecule has 0 aromatic heterocycles. The van der Waals surface area contributed by atoms with E-state index in [-0.39, 0.29) is 12.4 Å². The van der Waals surface area contributed by atoms with Crippen LogP contribution in [-0.4, -0.2) is 52.4 Å². The number of anilines is 1. The molecular formula is C19H23ClN2O4. The van der Waals surface area contributed by atoms with Gasteiger partial charge in [0.25, 0.3) is 0 Å². The number of hydrogen-bond acceptors (Lipinski definition) is 5. The zero-order valence-electron chi connectivity index (χ0n) is 15.4. The smallest absolute Gasteiger partial charge is 0.245 e. The summed E-state index contributed by atoms with van der Waals surface area (Å²) in [5.41, 5.74) is 1.93. The zero-order chi connectivity index (χ0) is 17.8. The average molecular weight is 379 g/mol. The molecular weight excluding hydrogens is 356 g/mol. The van der Waals surface area contributed by atoms with Gasteiger partial charge >= 0.3 is 0 Å². The highest BCUT2D eigenvalue weighted by molar-refractivity contribution is 5.82. The summed E-state index contributed by atoms with van der Waals surface area (Å²) in [6, 6.07) is 11.6. The molecule has 1 aliphatic heterocycles. The molecule has 0 aliphatic carbocycles. The van der Waals surface area contributed by atoms with Crippen LogP contribution in [-0.2, 0) is 0 Å². The highest BCUT2D eigenvalue weighted by atomic mass is 35.5. The number of ether oxygens (including phenoxy) is 4. The highest BCUT2D eigenvalue weighted by Crippen LogP contribution is 2.35. The summed E-state index contributed by atoms with van der Waals surface area (Å²) in [6.45, 7) is 1.65. The van der Waals surface area contributed by atoms with Crippen LogP contribution >= 0.6 is 0 Å². The Bertz CT molecular complexity index is 795. The fraction of sp³-hybridized carbons (Fsp3) is 0.316. The molecule has 0 bridgehead atoms. The Balaban J connectivity index is 0.00000243. The molecule has 1 aliphatic rings. The van der Waals surface area contributed by atoms with E-state index >= 15 is 0 Å². The van der Waals surface area contributed by atoms with Gasteiger partial charge in [0.05, 0.1) is 28.4 Å². The molecule has 26 heavy (non-hydrogen) atoms. The normalized spacial score (nSPS) is 12.9. The maximum absolute atomic E-state index is 5.50. The monoisotopic (exact) mass is 378 g/mol. The standard InChI is InChI=1S/C19H23N2O4.ClH/c1-22-14-5-7-18(24-3)16(11-14)20-9-10-21(13-20)17-12-15(23-2)6-8-19(17)25-4;/h5-8,11-13H,9-10H2,1-4H3;1H/q+1;/p-1. The minimum atomic E-state index is 0. The van der Waals surface area contributed by atoms with Gasteiger partial charge in [0, 0.05) is 12.1 Å². The summed E-state index contributed by atoms with van der Waals surface area (Å²) < 4.78 is 23.8. The van der Waals surface area contributed by atoms with Crippen LogP contribution in [0, 0.1) is 0 Å². The Morgan fingerprint density at radius 2 is 1.42 bits per heavy atom. The van der Waals surface area contributed by atoms with Gasteiger partial charge in [-0.25, -0.2) is 9.48 Å². The van der Waals surface area contributed by atoms with E-state index in [1.807, 2.05) is 36.4 Å². The SMILES string of the molecule is COc1ccc(OC)c(N2C=[N+](c3cc(OC)ccc3OC)CC2)c1.[Cl-]. The molecule has 6 nitrogen and oxygen atoms in total. The van der Waals surface area contributed by atoms with Crippen LogP contribution in [0.4, 0.5) is 11.4 Å². The lowest BCUT2D eigenvalue weighted by Crippen LogP contribution is -3.00. The second-order valence-corrected chi connectivity index (χ2v) is 5.58. The molecule has 0 saturated carbocycles. The first-order valence-electron chi connectivity index (χ1n) is 8.02. The van der Waals surface area contributed by atoms with Gasteiger partial charge in [0.1, 0.15) is 24.6 Å². The fourth-order valence-electron chi connectivity index (χ4n) is 2.91. The van der Waals surface area contributed by atoms with Gasteiger partial charge in [0.15, 0.2) is 22.9 Å². The van der Waals surface area contributed by atoms with Crippen molar-refractivity contribution in [2.45, 2.75) is 0 Å². The van der Waals surface area contributed by atoms with Crippen molar-refractivity contribution >= 4 is 17.7 Å². The van der Waals surface area contributed by atoms with Gasteiger partial charge in [0.2, 0.25) is 6.34 Å². The molecule has 7 heteroatoms. The lowest BCUT2D eigenvalue weighted by atomic mass is 10.2. The second kappa shape index (κ2) is 8.67. The maximum Gasteiger partial charge on any atom is 0.245 e. The Labute approximate surface area is 160 Å². The molecule has 0 spiro atoms. The molecule has 2 aromatic carbocycles. The van der Waals surface area contributed by atoms with Crippen LogP contribution in [0.1, 0.15) is 0 Å². The van der Waals surface area contributed by atoms with Crippen molar-refractivity contribution in [1.82, 2.24) is 0 Å². The predicted octanol–water partition coefficient (Wildman–Crippen LogP) is -0.0825. The molecule has 0 saturated heterocycles. The van der Waals surface area contributed by atoms with Crippen molar-refractivity contribution in [2.24, 2.45) is 0 Å². The summed E-state index contributed by atoms with van der Waals surface area (Å²) >= 11 is 0. The molecule has 3 rings (SSSR count). The van der Waals surface area contributed by atoms with Crippen molar-refractivity contribution in [1.29, 1.82) is 0 Å². The van der Waals surface area contributed by atoms with E-state index < -0.39 is 0 Å². The number of halogens is 1. The van der Waals surface area contributed by atoms with E-state index in [1.165, 1.54) is 0 Å². The van der Waals surface area contributed by atoms with Crippen molar-refractivity contribution in [3.8, 4) is 23.0 Å². The largest absolute Gasteiger partial charge is 1.00 e. The number of benzene rings is 2. The minimum absolute atomic E-state index is 0. The Morgan fingerprint density at radius 1 is 0.808 bits per heavy atom. The first-order chi connectivity index (χ1) is 12.2. The number of methoxy groups -OCH3 is 4. The molecule has 1 heterocycles. The highest BCUT2D eigenvalue weighted by Gasteiger charge is 2.27. The third-order valence-electron chi connectivity index (χ3n) is 4.25. The second-order valence-electron chi connectivity index (χ2n) is 5.58. The summed E-state index contributed by atoms with van der Waals surface area (Å²) in [6.07, 6.45) is 2.05. The molecule has 140 valence electrons. The fourth-order valence-corrected chi connectivity index (χ4v) is 2.91. The quantitative estimate of drug-likeness (QED) is 0.658. The molecule has 2 aromatic rings. The molecule has 0 atom stereocenters. The molecule has 0 fully saturated rings. The number of rotatable bonds is 6. The number of hydrogen-bond donors (Lipinski definition) is 0. The van der Waals surface area contributed by atoms with Crippen LogP contribution < -0.4 is 36.3 Å². The lowest BCUT2D eigenvalue weighted by Gasteiger charge is -2.12. The van der Waals surface area contributed by atoms with Crippen molar-refractivity contribution < 1.29 is 35.9 Å². The molecule has 0 N–H and O–H groups in total. The van der Waals surface area contributed by atoms with E-state index in [0.29, 0.717) is 0 Å². The minimum Gasteiger partial charge on any atom is -1.00 e. The van der Waals surface area contributed by atoms with Crippen LogP contribution in [0.3, 0.4) is 0 Å². The maximum atomic E-state index is 5.50. The summed E-state index contributed by atoms with van der Waals surface area (Å²) in [7, 11) is 6.66. The first-order valence-corrected chi connectivity index (χ1v) is 8.02. The van der Waals surface area contributed by atoms with Crippen LogP contribution in [0.5, 0.6) is 23.0 Å². The van der Waals surface area contributed by atoms with Crippen molar-refractivity contribution in [3.05, 3.63) is 36.4 Å². The lowest BCUT2D eigenvalue weighted by molar-refractivity contribution is -0.424. The van der Waals surface area contributed by atoms with Gasteiger partial charge in [-0.05, 0) is 24.3 Å². The van der Waals surface area contributed by atoms with Gasteiger partial charge in [-0.3, -0.25) is 0 Å². The Hall–Kier alpha value is -2.60. The van der Waals surface area contributed by atoms with Gasteiger partial charge in [-0.2, -0.15) is 0 Å².